The zero-order chi connectivity index (χ0) is 17.4. The molecular formula is C19H25ClN4O2. The molecule has 2 aliphatic heterocycles. The van der Waals surface area contributed by atoms with Crippen LogP contribution in [0.4, 0.5) is 0 Å². The fourth-order valence-electron chi connectivity index (χ4n) is 4.26. The summed E-state index contributed by atoms with van der Waals surface area (Å²) in [6.07, 6.45) is 6.31. The van der Waals surface area contributed by atoms with Crippen molar-refractivity contribution >= 4 is 29.2 Å². The van der Waals surface area contributed by atoms with E-state index < -0.39 is 0 Å². The summed E-state index contributed by atoms with van der Waals surface area (Å²) in [6.45, 7) is 0.488. The predicted molar refractivity (Wildman–Crippen MR) is 104 cm³/mol. The van der Waals surface area contributed by atoms with Gasteiger partial charge in [0.25, 0.3) is 0 Å². The van der Waals surface area contributed by atoms with Gasteiger partial charge in [0.1, 0.15) is 0 Å². The Morgan fingerprint density at radius 2 is 1.96 bits per heavy atom. The lowest BCUT2D eigenvalue weighted by Gasteiger charge is -2.35. The molecule has 2 aromatic rings. The van der Waals surface area contributed by atoms with E-state index in [0.29, 0.717) is 36.5 Å². The molecule has 140 valence electrons. The molecule has 1 aromatic heterocycles. The van der Waals surface area contributed by atoms with Crippen molar-refractivity contribution in [3.8, 4) is 0 Å². The Balaban J connectivity index is 0.00000196. The van der Waals surface area contributed by atoms with Crippen molar-refractivity contribution < 1.29 is 4.79 Å². The van der Waals surface area contributed by atoms with E-state index in [1.807, 2.05) is 30.1 Å². The van der Waals surface area contributed by atoms with Crippen LogP contribution in [-0.2, 0) is 11.3 Å². The molecule has 0 aliphatic carbocycles. The number of carbonyl (C=O) groups is 1. The Morgan fingerprint density at radius 3 is 2.69 bits per heavy atom. The second-order valence-corrected chi connectivity index (χ2v) is 7.27. The first-order valence-corrected chi connectivity index (χ1v) is 9.08. The fourth-order valence-corrected chi connectivity index (χ4v) is 4.26. The lowest BCUT2D eigenvalue weighted by Crippen LogP contribution is -2.48. The molecule has 3 heterocycles. The number of hydrogen-bond acceptors (Lipinski definition) is 4. The van der Waals surface area contributed by atoms with Gasteiger partial charge in [0.2, 0.25) is 11.3 Å². The quantitative estimate of drug-likeness (QED) is 0.885. The molecule has 1 aromatic carbocycles. The van der Waals surface area contributed by atoms with Gasteiger partial charge in [-0.15, -0.1) is 12.4 Å². The second-order valence-electron chi connectivity index (χ2n) is 7.27. The maximum absolute atomic E-state index is 12.7. The van der Waals surface area contributed by atoms with Crippen LogP contribution in [0, 0.1) is 0 Å². The van der Waals surface area contributed by atoms with Gasteiger partial charge in [-0.2, -0.15) is 5.10 Å². The van der Waals surface area contributed by atoms with Gasteiger partial charge in [-0.1, -0.05) is 12.1 Å². The number of halogens is 1. The SMILES string of the molecule is CN(C(=O)CCn1ncc(=O)c2ccccc21)C1CC2CCC(C1)N2.Cl. The van der Waals surface area contributed by atoms with Crippen molar-refractivity contribution in [1.29, 1.82) is 0 Å². The molecule has 0 saturated carbocycles. The number of benzene rings is 1. The summed E-state index contributed by atoms with van der Waals surface area (Å²) in [5.41, 5.74) is 0.700. The van der Waals surface area contributed by atoms with Gasteiger partial charge < -0.3 is 10.2 Å². The topological polar surface area (TPSA) is 67.2 Å². The van der Waals surface area contributed by atoms with Crippen molar-refractivity contribution in [3.05, 3.63) is 40.7 Å². The number of rotatable bonds is 4. The van der Waals surface area contributed by atoms with E-state index in [0.717, 1.165) is 18.4 Å². The summed E-state index contributed by atoms with van der Waals surface area (Å²) in [6, 6.07) is 8.89. The van der Waals surface area contributed by atoms with E-state index in [4.69, 9.17) is 0 Å². The molecule has 2 atom stereocenters. The molecule has 2 unspecified atom stereocenters. The van der Waals surface area contributed by atoms with Gasteiger partial charge in [0.15, 0.2) is 0 Å². The first-order chi connectivity index (χ1) is 12.1. The Hall–Kier alpha value is -1.92. The Labute approximate surface area is 159 Å². The Bertz CT molecular complexity index is 841. The number of fused-ring (bicyclic) bond motifs is 3. The van der Waals surface area contributed by atoms with Crippen molar-refractivity contribution in [2.75, 3.05) is 7.05 Å². The maximum Gasteiger partial charge on any atom is 0.224 e. The molecule has 26 heavy (non-hydrogen) atoms. The molecule has 4 rings (SSSR count). The highest BCUT2D eigenvalue weighted by molar-refractivity contribution is 5.85. The van der Waals surface area contributed by atoms with E-state index in [2.05, 4.69) is 10.4 Å². The number of piperidine rings is 1. The van der Waals surface area contributed by atoms with Gasteiger partial charge in [0, 0.05) is 37.0 Å². The smallest absolute Gasteiger partial charge is 0.224 e. The summed E-state index contributed by atoms with van der Waals surface area (Å²) in [4.78, 5) is 26.5. The Kier molecular flexibility index (Phi) is 5.63. The monoisotopic (exact) mass is 376 g/mol. The number of carbonyl (C=O) groups excluding carboxylic acids is 1. The number of para-hydroxylation sites is 1. The van der Waals surface area contributed by atoms with Gasteiger partial charge in [-0.25, -0.2) is 0 Å². The van der Waals surface area contributed by atoms with Gasteiger partial charge in [0.05, 0.1) is 18.3 Å². The number of nitrogens with zero attached hydrogens (tertiary/aromatic N) is 3. The molecular weight excluding hydrogens is 352 g/mol. The number of aryl methyl sites for hydroxylation is 1. The van der Waals surface area contributed by atoms with Crippen LogP contribution < -0.4 is 10.7 Å². The molecule has 0 spiro atoms. The number of amides is 1. The van der Waals surface area contributed by atoms with Gasteiger partial charge >= 0.3 is 0 Å². The largest absolute Gasteiger partial charge is 0.343 e. The zero-order valence-electron chi connectivity index (χ0n) is 14.9. The maximum atomic E-state index is 12.7. The van der Waals surface area contributed by atoms with E-state index in [9.17, 15) is 9.59 Å². The second kappa shape index (κ2) is 7.76. The van der Waals surface area contributed by atoms with Crippen LogP contribution in [0.25, 0.3) is 10.9 Å². The van der Waals surface area contributed by atoms with Crippen molar-refractivity contribution in [1.82, 2.24) is 20.0 Å². The normalized spacial score (nSPS) is 24.3. The average molecular weight is 377 g/mol. The van der Waals surface area contributed by atoms with Crippen molar-refractivity contribution in [2.24, 2.45) is 0 Å². The zero-order valence-corrected chi connectivity index (χ0v) is 15.7. The minimum atomic E-state index is -0.0829. The number of hydrogen-bond donors (Lipinski definition) is 1. The third kappa shape index (κ3) is 3.62. The molecule has 2 aliphatic rings. The van der Waals surface area contributed by atoms with Crippen molar-refractivity contribution in [3.63, 3.8) is 0 Å². The molecule has 1 amide bonds. The fraction of sp³-hybridized carbons (Fsp3) is 0.526. The van der Waals surface area contributed by atoms with E-state index >= 15 is 0 Å². The van der Waals surface area contributed by atoms with Crippen molar-refractivity contribution in [2.45, 2.75) is 56.8 Å². The van der Waals surface area contributed by atoms with Gasteiger partial charge in [-0.3, -0.25) is 14.3 Å². The van der Waals surface area contributed by atoms with Crippen LogP contribution in [0.15, 0.2) is 35.3 Å². The average Bonchev–Trinajstić information content (AvgIpc) is 2.98. The predicted octanol–water partition coefficient (Wildman–Crippen LogP) is 1.95. The van der Waals surface area contributed by atoms with E-state index in [-0.39, 0.29) is 23.7 Å². The molecule has 6 nitrogen and oxygen atoms in total. The summed E-state index contributed by atoms with van der Waals surface area (Å²) in [7, 11) is 1.93. The lowest BCUT2D eigenvalue weighted by atomic mass is 9.98. The molecule has 2 fully saturated rings. The first kappa shape index (κ1) is 18.9. The number of nitrogens with one attached hydrogen (secondary N) is 1. The summed E-state index contributed by atoms with van der Waals surface area (Å²) in [5, 5.41) is 8.47. The molecule has 0 radical (unpaired) electrons. The molecule has 1 N–H and O–H groups in total. The first-order valence-electron chi connectivity index (χ1n) is 9.08. The third-order valence-electron chi connectivity index (χ3n) is 5.69. The minimum Gasteiger partial charge on any atom is -0.343 e. The van der Waals surface area contributed by atoms with Crippen LogP contribution >= 0.6 is 12.4 Å². The third-order valence-corrected chi connectivity index (χ3v) is 5.69. The summed E-state index contributed by atoms with van der Waals surface area (Å²) >= 11 is 0. The molecule has 7 heteroatoms. The number of aromatic nitrogens is 2. The van der Waals surface area contributed by atoms with Crippen LogP contribution in [0.2, 0.25) is 0 Å². The van der Waals surface area contributed by atoms with E-state index in [1.54, 1.807) is 10.7 Å². The highest BCUT2D eigenvalue weighted by Gasteiger charge is 2.36. The standard InChI is InChI=1S/C19H24N4O2.ClH/c1-22(15-10-13-6-7-14(11-15)21-13)19(25)8-9-23-17-5-3-2-4-16(17)18(24)12-20-23;/h2-5,12-15,21H,6-11H2,1H3;1H. The Morgan fingerprint density at radius 1 is 1.27 bits per heavy atom. The molecule has 2 saturated heterocycles. The highest BCUT2D eigenvalue weighted by atomic mass is 35.5. The van der Waals surface area contributed by atoms with Crippen LogP contribution in [0.5, 0.6) is 0 Å². The van der Waals surface area contributed by atoms with Crippen LogP contribution in [-0.4, -0.2) is 45.8 Å². The van der Waals surface area contributed by atoms with Gasteiger partial charge in [-0.05, 0) is 37.8 Å². The van der Waals surface area contributed by atoms with E-state index in [1.165, 1.54) is 19.0 Å². The minimum absolute atomic E-state index is 0. The lowest BCUT2D eigenvalue weighted by molar-refractivity contribution is -0.132. The van der Waals surface area contributed by atoms with Crippen LogP contribution in [0.3, 0.4) is 0 Å². The highest BCUT2D eigenvalue weighted by Crippen LogP contribution is 2.29. The summed E-state index contributed by atoms with van der Waals surface area (Å²) < 4.78 is 1.76. The molecule has 2 bridgehead atoms. The van der Waals surface area contributed by atoms with Crippen LogP contribution in [0.1, 0.15) is 32.1 Å². The summed E-state index contributed by atoms with van der Waals surface area (Å²) in [5.74, 6) is 0.149.